The van der Waals surface area contributed by atoms with Crippen LogP contribution in [0.4, 0.5) is 17.6 Å². The highest BCUT2D eigenvalue weighted by molar-refractivity contribution is 8.13. The Morgan fingerprint density at radius 1 is 0.829 bits per heavy atom. The Bertz CT molecular complexity index is 1060. The van der Waals surface area contributed by atoms with Crippen LogP contribution in [-0.4, -0.2) is 88.1 Å². The van der Waals surface area contributed by atoms with Crippen molar-refractivity contribution in [3.8, 4) is 0 Å². The lowest BCUT2D eigenvalue weighted by Crippen LogP contribution is -2.51. The number of oxime groups is 2. The first-order valence-electron chi connectivity index (χ1n) is 13.0. The van der Waals surface area contributed by atoms with Crippen molar-refractivity contribution in [2.45, 2.75) is 70.4 Å². The van der Waals surface area contributed by atoms with Crippen molar-refractivity contribution in [2.75, 3.05) is 39.3 Å². The van der Waals surface area contributed by atoms with Crippen LogP contribution in [0.3, 0.4) is 0 Å². The molecule has 0 aromatic heterocycles. The molecule has 0 heterocycles. The van der Waals surface area contributed by atoms with Gasteiger partial charge < -0.3 is 26.4 Å². The summed E-state index contributed by atoms with van der Waals surface area (Å²) in [4.78, 5) is 25.3. The van der Waals surface area contributed by atoms with Gasteiger partial charge in [0.2, 0.25) is 5.91 Å². The van der Waals surface area contributed by atoms with Gasteiger partial charge in [-0.3, -0.25) is 14.5 Å². The first-order chi connectivity index (χ1) is 19.0. The first kappa shape index (κ1) is 36.3. The minimum atomic E-state index is -1.67. The molecule has 0 fully saturated rings. The SMILES string of the molecule is C/C(=N/O)C(C)(C)NCCN(CCNC(=O)CCC(=O)Sc1c(F)c(F)cc(F)c1F)CCNC(C)(C)/C(C)=N\O. The van der Waals surface area contributed by atoms with E-state index in [2.05, 4.69) is 31.2 Å². The lowest BCUT2D eigenvalue weighted by molar-refractivity contribution is -0.123. The molecule has 5 N–H and O–H groups in total. The van der Waals surface area contributed by atoms with E-state index in [-0.39, 0.29) is 30.8 Å². The van der Waals surface area contributed by atoms with Gasteiger partial charge in [-0.15, -0.1) is 0 Å². The van der Waals surface area contributed by atoms with Crippen LogP contribution in [0.1, 0.15) is 54.4 Å². The van der Waals surface area contributed by atoms with Crippen molar-refractivity contribution >= 4 is 34.2 Å². The maximum Gasteiger partial charge on any atom is 0.220 e. The highest BCUT2D eigenvalue weighted by Gasteiger charge is 2.24. The first-order valence-corrected chi connectivity index (χ1v) is 13.8. The fourth-order valence-electron chi connectivity index (χ4n) is 3.36. The summed E-state index contributed by atoms with van der Waals surface area (Å²) in [5.74, 6) is -7.05. The zero-order valence-corrected chi connectivity index (χ0v) is 25.0. The average molecular weight is 609 g/mol. The molecule has 1 aromatic carbocycles. The van der Waals surface area contributed by atoms with E-state index in [0.717, 1.165) is 0 Å². The third-order valence-electron chi connectivity index (χ3n) is 6.69. The number of carbonyl (C=O) groups is 2. The van der Waals surface area contributed by atoms with Crippen LogP contribution in [0.5, 0.6) is 0 Å². The molecule has 10 nitrogen and oxygen atoms in total. The van der Waals surface area contributed by atoms with E-state index >= 15 is 0 Å². The molecule has 1 aromatic rings. The number of amides is 1. The second kappa shape index (κ2) is 16.6. The molecule has 0 aliphatic rings. The second-order valence-electron chi connectivity index (χ2n) is 10.4. The third-order valence-corrected chi connectivity index (χ3v) is 7.69. The minimum Gasteiger partial charge on any atom is -0.411 e. The van der Waals surface area contributed by atoms with E-state index in [4.69, 9.17) is 10.4 Å². The van der Waals surface area contributed by atoms with Gasteiger partial charge >= 0.3 is 0 Å². The van der Waals surface area contributed by atoms with Crippen LogP contribution in [0.25, 0.3) is 0 Å². The predicted molar refractivity (Wildman–Crippen MR) is 150 cm³/mol. The van der Waals surface area contributed by atoms with Crippen LogP contribution in [0.15, 0.2) is 21.3 Å². The number of halogens is 4. The quantitative estimate of drug-likeness (QED) is 0.0453. The Kier molecular flexibility index (Phi) is 14.7. The normalized spacial score (nSPS) is 13.1. The predicted octanol–water partition coefficient (Wildman–Crippen LogP) is 3.50. The number of thioether (sulfide) groups is 1. The van der Waals surface area contributed by atoms with E-state index in [0.29, 0.717) is 44.1 Å². The number of hydrogen-bond acceptors (Lipinski definition) is 10. The summed E-state index contributed by atoms with van der Waals surface area (Å²) >= 11 is 0.00580. The highest BCUT2D eigenvalue weighted by atomic mass is 32.2. The Morgan fingerprint density at radius 3 is 1.71 bits per heavy atom. The van der Waals surface area contributed by atoms with E-state index in [1.54, 1.807) is 13.8 Å². The smallest absolute Gasteiger partial charge is 0.220 e. The second-order valence-corrected chi connectivity index (χ2v) is 11.5. The average Bonchev–Trinajstić information content (AvgIpc) is 2.91. The topological polar surface area (TPSA) is 139 Å². The van der Waals surface area contributed by atoms with Crippen molar-refractivity contribution in [1.82, 2.24) is 20.9 Å². The monoisotopic (exact) mass is 608 g/mol. The molecule has 0 saturated carbocycles. The van der Waals surface area contributed by atoms with Gasteiger partial charge in [0.05, 0.1) is 27.4 Å². The summed E-state index contributed by atoms with van der Waals surface area (Å²) < 4.78 is 54.3. The summed E-state index contributed by atoms with van der Waals surface area (Å²) in [6, 6.07) is 0.0542. The molecular weight excluding hydrogens is 568 g/mol. The van der Waals surface area contributed by atoms with Crippen LogP contribution >= 0.6 is 11.8 Å². The number of nitrogens with zero attached hydrogens (tertiary/aromatic N) is 3. The van der Waals surface area contributed by atoms with Crippen molar-refractivity contribution in [2.24, 2.45) is 10.3 Å². The summed E-state index contributed by atoms with van der Waals surface area (Å²) in [5, 5.41) is 33.1. The molecule has 41 heavy (non-hydrogen) atoms. The van der Waals surface area contributed by atoms with Crippen molar-refractivity contribution in [1.29, 1.82) is 0 Å². The van der Waals surface area contributed by atoms with Gasteiger partial charge in [0.15, 0.2) is 28.4 Å². The van der Waals surface area contributed by atoms with Gasteiger partial charge in [-0.1, -0.05) is 10.3 Å². The van der Waals surface area contributed by atoms with E-state index in [1.165, 1.54) is 0 Å². The number of rotatable bonds is 17. The molecule has 0 aliphatic carbocycles. The van der Waals surface area contributed by atoms with Crippen molar-refractivity contribution in [3.05, 3.63) is 29.3 Å². The van der Waals surface area contributed by atoms with Crippen molar-refractivity contribution < 1.29 is 37.6 Å². The summed E-state index contributed by atoms with van der Waals surface area (Å²) in [7, 11) is 0. The van der Waals surface area contributed by atoms with E-state index in [1.807, 2.05) is 27.7 Å². The van der Waals surface area contributed by atoms with Crippen LogP contribution in [0, 0.1) is 23.3 Å². The standard InChI is InChI=1S/C26H40F4N6O4S/c1-16(34-39)25(3,4)32-10-13-36(14-11-33-26(5,6)17(2)35-40)12-9-31-20(37)7-8-21(38)41-24-22(29)18(27)15-19(28)23(24)30/h15,32-33,39-40H,7-14H2,1-6H3,(H,31,37)/b34-16-,35-17-. The fraction of sp³-hybridized carbons (Fsp3) is 0.615. The number of carbonyl (C=O) groups excluding carboxylic acids is 2. The molecule has 0 saturated heterocycles. The number of nitrogens with one attached hydrogen (secondary N) is 3. The molecule has 1 amide bonds. The van der Waals surface area contributed by atoms with Gasteiger partial charge in [-0.2, -0.15) is 0 Å². The zero-order chi connectivity index (χ0) is 31.4. The van der Waals surface area contributed by atoms with Gasteiger partial charge in [0.1, 0.15) is 0 Å². The molecule has 0 unspecified atom stereocenters. The van der Waals surface area contributed by atoms with E-state index in [9.17, 15) is 27.2 Å². The van der Waals surface area contributed by atoms with Crippen LogP contribution in [0.2, 0.25) is 0 Å². The Balaban J connectivity index is 2.64. The molecule has 1 rings (SSSR count). The molecule has 0 aliphatic heterocycles. The fourth-order valence-corrected chi connectivity index (χ4v) is 4.16. The van der Waals surface area contributed by atoms with Gasteiger partial charge in [0, 0.05) is 58.2 Å². The molecule has 232 valence electrons. The maximum atomic E-state index is 13.8. The zero-order valence-electron chi connectivity index (χ0n) is 24.2. The molecule has 15 heteroatoms. The summed E-state index contributed by atoms with van der Waals surface area (Å²) in [6.45, 7) is 13.8. The molecule has 0 radical (unpaired) electrons. The Labute approximate surface area is 242 Å². The van der Waals surface area contributed by atoms with Crippen LogP contribution < -0.4 is 16.0 Å². The Hall–Kier alpha value is -2.75. The molecule has 0 spiro atoms. The third kappa shape index (κ3) is 11.9. The van der Waals surface area contributed by atoms with Gasteiger partial charge in [-0.25, -0.2) is 17.6 Å². The lowest BCUT2D eigenvalue weighted by Gasteiger charge is -2.30. The number of hydrogen-bond donors (Lipinski definition) is 5. The maximum absolute atomic E-state index is 13.8. The lowest BCUT2D eigenvalue weighted by atomic mass is 9.99. The Morgan fingerprint density at radius 2 is 1.27 bits per heavy atom. The van der Waals surface area contributed by atoms with Gasteiger partial charge in [0.25, 0.3) is 0 Å². The van der Waals surface area contributed by atoms with Crippen molar-refractivity contribution in [3.63, 3.8) is 0 Å². The summed E-state index contributed by atoms with van der Waals surface area (Å²) in [5.41, 5.74) is -0.0625. The highest BCUT2D eigenvalue weighted by Crippen LogP contribution is 2.30. The van der Waals surface area contributed by atoms with Crippen LogP contribution in [-0.2, 0) is 9.59 Å². The number of benzene rings is 1. The molecule has 0 bridgehead atoms. The molecular formula is C26H40F4N6O4S. The largest absolute Gasteiger partial charge is 0.411 e. The summed E-state index contributed by atoms with van der Waals surface area (Å²) in [6.07, 6.45) is -0.676. The van der Waals surface area contributed by atoms with E-state index < -0.39 is 56.7 Å². The van der Waals surface area contributed by atoms with Gasteiger partial charge in [-0.05, 0) is 53.3 Å². The minimum absolute atomic E-state index is 0.00580. The molecule has 0 atom stereocenters.